The average Bonchev–Trinajstić information content (AvgIpc) is 2.68. The summed E-state index contributed by atoms with van der Waals surface area (Å²) in [6.07, 6.45) is -0.226. The molecule has 1 heterocycles. The smallest absolute Gasteiger partial charge is 0.410 e. The summed E-state index contributed by atoms with van der Waals surface area (Å²) in [5.74, 6) is 0.842. The molecule has 3 rings (SSSR count). The zero-order valence-electron chi connectivity index (χ0n) is 17.6. The number of hydrogen-bond donors (Lipinski definition) is 0. The van der Waals surface area contributed by atoms with Gasteiger partial charge in [-0.3, -0.25) is 4.90 Å². The number of methoxy groups -OCH3 is 1. The summed E-state index contributed by atoms with van der Waals surface area (Å²) in [4.78, 5) is 16.5. The summed E-state index contributed by atoms with van der Waals surface area (Å²) in [5, 5.41) is 0. The zero-order chi connectivity index (χ0) is 21.0. The zero-order valence-corrected chi connectivity index (χ0v) is 19.2. The number of hydrogen-bond acceptors (Lipinski definition) is 4. The highest BCUT2D eigenvalue weighted by molar-refractivity contribution is 9.10. The van der Waals surface area contributed by atoms with Crippen LogP contribution in [0.2, 0.25) is 0 Å². The van der Waals surface area contributed by atoms with E-state index in [-0.39, 0.29) is 6.09 Å². The minimum Gasteiger partial charge on any atom is -0.497 e. The highest BCUT2D eigenvalue weighted by Gasteiger charge is 2.26. The molecule has 0 unspecified atom stereocenters. The van der Waals surface area contributed by atoms with E-state index in [4.69, 9.17) is 9.47 Å². The van der Waals surface area contributed by atoms with Crippen LogP contribution in [0.5, 0.6) is 5.75 Å². The van der Waals surface area contributed by atoms with Crippen LogP contribution in [0.1, 0.15) is 26.3 Å². The summed E-state index contributed by atoms with van der Waals surface area (Å²) in [6.45, 7) is 9.51. The molecule has 1 saturated heterocycles. The van der Waals surface area contributed by atoms with Gasteiger partial charge >= 0.3 is 6.09 Å². The van der Waals surface area contributed by atoms with Crippen molar-refractivity contribution in [1.82, 2.24) is 9.80 Å². The molecule has 0 aromatic heterocycles. The summed E-state index contributed by atoms with van der Waals surface area (Å²) in [5.41, 5.74) is 3.08. The molecular weight excluding hydrogens is 432 g/mol. The molecule has 0 atom stereocenters. The van der Waals surface area contributed by atoms with Crippen LogP contribution in [0.4, 0.5) is 4.79 Å². The molecule has 0 bridgehead atoms. The predicted molar refractivity (Wildman–Crippen MR) is 119 cm³/mol. The molecule has 5 nitrogen and oxygen atoms in total. The van der Waals surface area contributed by atoms with Crippen molar-refractivity contribution in [1.29, 1.82) is 0 Å². The second-order valence-corrected chi connectivity index (χ2v) is 9.10. The van der Waals surface area contributed by atoms with Crippen LogP contribution < -0.4 is 4.74 Å². The van der Waals surface area contributed by atoms with Crippen molar-refractivity contribution in [2.45, 2.75) is 32.9 Å². The Labute approximate surface area is 181 Å². The van der Waals surface area contributed by atoms with Gasteiger partial charge in [-0.25, -0.2) is 4.79 Å². The molecule has 2 aromatic rings. The average molecular weight is 461 g/mol. The normalized spacial score (nSPS) is 15.3. The van der Waals surface area contributed by atoms with Crippen LogP contribution in [0.25, 0.3) is 11.1 Å². The first-order valence-electron chi connectivity index (χ1n) is 9.89. The van der Waals surface area contributed by atoms with Crippen LogP contribution in [0, 0.1) is 0 Å². The Kier molecular flexibility index (Phi) is 6.85. The van der Waals surface area contributed by atoms with Crippen LogP contribution in [0.3, 0.4) is 0 Å². The standard InChI is InChI=1S/C23H29BrN2O3/c1-23(2,3)29-22(27)26-13-11-25(12-14-26)16-17-9-10-18(28-4)15-20(17)19-7-5-6-8-21(19)24/h5-10,15H,11-14,16H2,1-4H3. The Balaban J connectivity index is 1.72. The molecule has 1 aliphatic rings. The van der Waals surface area contributed by atoms with Gasteiger partial charge in [-0.05, 0) is 55.7 Å². The monoisotopic (exact) mass is 460 g/mol. The van der Waals surface area contributed by atoms with Gasteiger partial charge in [-0.15, -0.1) is 0 Å². The third kappa shape index (κ3) is 5.73. The molecule has 0 spiro atoms. The first-order valence-corrected chi connectivity index (χ1v) is 10.7. The van der Waals surface area contributed by atoms with E-state index in [2.05, 4.69) is 45.1 Å². The van der Waals surface area contributed by atoms with Crippen molar-refractivity contribution in [3.05, 3.63) is 52.5 Å². The number of piperazine rings is 1. The molecular formula is C23H29BrN2O3. The summed E-state index contributed by atoms with van der Waals surface area (Å²) >= 11 is 3.67. The Morgan fingerprint density at radius 3 is 2.34 bits per heavy atom. The lowest BCUT2D eigenvalue weighted by Gasteiger charge is -2.35. The number of nitrogens with zero attached hydrogens (tertiary/aromatic N) is 2. The number of rotatable bonds is 4. The van der Waals surface area contributed by atoms with Gasteiger partial charge in [0.1, 0.15) is 11.4 Å². The van der Waals surface area contributed by atoms with E-state index in [9.17, 15) is 4.79 Å². The van der Waals surface area contributed by atoms with Crippen LogP contribution >= 0.6 is 15.9 Å². The third-order valence-corrected chi connectivity index (χ3v) is 5.59. The number of benzene rings is 2. The van der Waals surface area contributed by atoms with E-state index in [0.717, 1.165) is 41.0 Å². The van der Waals surface area contributed by atoms with Gasteiger partial charge in [0.25, 0.3) is 0 Å². The molecule has 0 N–H and O–H groups in total. The summed E-state index contributed by atoms with van der Waals surface area (Å²) in [7, 11) is 1.69. The van der Waals surface area contributed by atoms with Crippen LogP contribution in [-0.4, -0.2) is 54.8 Å². The number of amides is 1. The van der Waals surface area contributed by atoms with Gasteiger partial charge < -0.3 is 14.4 Å². The maximum absolute atomic E-state index is 12.3. The molecule has 1 aliphatic heterocycles. The van der Waals surface area contributed by atoms with Gasteiger partial charge in [-0.2, -0.15) is 0 Å². The number of carbonyl (C=O) groups is 1. The van der Waals surface area contributed by atoms with Gasteiger partial charge in [0, 0.05) is 37.2 Å². The lowest BCUT2D eigenvalue weighted by atomic mass is 9.98. The summed E-state index contributed by atoms with van der Waals surface area (Å²) < 4.78 is 12.0. The Morgan fingerprint density at radius 2 is 1.72 bits per heavy atom. The van der Waals surface area contributed by atoms with Crippen molar-refractivity contribution >= 4 is 22.0 Å². The maximum atomic E-state index is 12.3. The number of carbonyl (C=O) groups excluding carboxylic acids is 1. The molecule has 1 fully saturated rings. The highest BCUT2D eigenvalue weighted by Crippen LogP contribution is 2.34. The third-order valence-electron chi connectivity index (χ3n) is 4.90. The molecule has 29 heavy (non-hydrogen) atoms. The largest absolute Gasteiger partial charge is 0.497 e. The molecule has 6 heteroatoms. The summed E-state index contributed by atoms with van der Waals surface area (Å²) in [6, 6.07) is 14.5. The molecule has 0 aliphatic carbocycles. The van der Waals surface area contributed by atoms with E-state index >= 15 is 0 Å². The molecule has 0 saturated carbocycles. The van der Waals surface area contributed by atoms with Gasteiger partial charge in [-0.1, -0.05) is 40.2 Å². The number of halogens is 1. The molecule has 1 amide bonds. The second-order valence-electron chi connectivity index (χ2n) is 8.25. The minimum atomic E-state index is -0.463. The SMILES string of the molecule is COc1ccc(CN2CCN(C(=O)OC(C)(C)C)CC2)c(-c2ccccc2Br)c1. The first-order chi connectivity index (χ1) is 13.8. The lowest BCUT2D eigenvalue weighted by molar-refractivity contribution is 0.0139. The van der Waals surface area contributed by atoms with Crippen LogP contribution in [0.15, 0.2) is 46.9 Å². The van der Waals surface area contributed by atoms with Gasteiger partial charge in [0.15, 0.2) is 0 Å². The topological polar surface area (TPSA) is 42.0 Å². The Bertz CT molecular complexity index is 855. The van der Waals surface area contributed by atoms with Crippen molar-refractivity contribution in [2.75, 3.05) is 33.3 Å². The molecule has 2 aromatic carbocycles. The minimum absolute atomic E-state index is 0.226. The highest BCUT2D eigenvalue weighted by atomic mass is 79.9. The van der Waals surface area contributed by atoms with Crippen molar-refractivity contribution in [2.24, 2.45) is 0 Å². The van der Waals surface area contributed by atoms with Crippen molar-refractivity contribution < 1.29 is 14.3 Å². The molecule has 0 radical (unpaired) electrons. The lowest BCUT2D eigenvalue weighted by Crippen LogP contribution is -2.49. The maximum Gasteiger partial charge on any atom is 0.410 e. The second kappa shape index (κ2) is 9.18. The van der Waals surface area contributed by atoms with Crippen LogP contribution in [-0.2, 0) is 11.3 Å². The van der Waals surface area contributed by atoms with Crippen molar-refractivity contribution in [3.8, 4) is 16.9 Å². The van der Waals surface area contributed by atoms with Gasteiger partial charge in [0.2, 0.25) is 0 Å². The quantitative estimate of drug-likeness (QED) is 0.630. The van der Waals surface area contributed by atoms with Crippen molar-refractivity contribution in [3.63, 3.8) is 0 Å². The van der Waals surface area contributed by atoms with E-state index in [0.29, 0.717) is 13.1 Å². The number of ether oxygens (including phenoxy) is 2. The fourth-order valence-electron chi connectivity index (χ4n) is 3.41. The van der Waals surface area contributed by atoms with Gasteiger partial charge in [0.05, 0.1) is 7.11 Å². The Morgan fingerprint density at radius 1 is 1.03 bits per heavy atom. The Hall–Kier alpha value is -2.05. The van der Waals surface area contributed by atoms with E-state index in [1.165, 1.54) is 5.56 Å². The fourth-order valence-corrected chi connectivity index (χ4v) is 3.91. The van der Waals surface area contributed by atoms with E-state index in [1.54, 1.807) is 12.0 Å². The van der Waals surface area contributed by atoms with E-state index < -0.39 is 5.60 Å². The predicted octanol–water partition coefficient (Wildman–Crippen LogP) is 5.18. The van der Waals surface area contributed by atoms with E-state index in [1.807, 2.05) is 39.0 Å². The molecule has 156 valence electrons. The first kappa shape index (κ1) is 21.7. The fraction of sp³-hybridized carbons (Fsp3) is 0.435.